The average Bonchev–Trinajstić information content (AvgIpc) is 3.03. The number of hydrogen-bond donors (Lipinski definition) is 1. The van der Waals surface area contributed by atoms with E-state index in [4.69, 9.17) is 0 Å². The van der Waals surface area contributed by atoms with Crippen molar-refractivity contribution in [1.82, 2.24) is 24.9 Å². The van der Waals surface area contributed by atoms with E-state index in [1.54, 1.807) is 18.2 Å². The van der Waals surface area contributed by atoms with E-state index in [0.29, 0.717) is 5.82 Å². The maximum Gasteiger partial charge on any atom is 0.240 e. The van der Waals surface area contributed by atoms with Gasteiger partial charge in [0.1, 0.15) is 0 Å². The molecule has 0 spiro atoms. The molecule has 8 heteroatoms. The molecule has 0 aliphatic carbocycles. The van der Waals surface area contributed by atoms with Gasteiger partial charge in [0.05, 0.1) is 17.1 Å². The van der Waals surface area contributed by atoms with Crippen LogP contribution in [0.2, 0.25) is 0 Å². The van der Waals surface area contributed by atoms with Crippen LogP contribution in [0.15, 0.2) is 59.5 Å². The summed E-state index contributed by atoms with van der Waals surface area (Å²) in [5, 5.41) is 11.4. The highest BCUT2D eigenvalue weighted by Crippen LogP contribution is 2.11. The van der Waals surface area contributed by atoms with Crippen molar-refractivity contribution in [2.45, 2.75) is 18.4 Å². The molecule has 0 atom stereocenters. The van der Waals surface area contributed by atoms with Gasteiger partial charge in [0.25, 0.3) is 0 Å². The Hall–Kier alpha value is -2.58. The van der Waals surface area contributed by atoms with E-state index in [9.17, 15) is 8.42 Å². The quantitative estimate of drug-likeness (QED) is 0.765. The van der Waals surface area contributed by atoms with E-state index < -0.39 is 10.0 Å². The van der Waals surface area contributed by atoms with Gasteiger partial charge in [0, 0.05) is 0 Å². The number of aryl methyl sites for hydroxylation is 1. The minimum absolute atomic E-state index is 0.00188. The zero-order valence-electron chi connectivity index (χ0n) is 12.4. The molecule has 0 aliphatic rings. The minimum Gasteiger partial charge on any atom is -0.207 e. The Labute approximate surface area is 134 Å². The van der Waals surface area contributed by atoms with E-state index in [0.717, 1.165) is 11.3 Å². The second kappa shape index (κ2) is 6.27. The lowest BCUT2D eigenvalue weighted by Gasteiger charge is -2.07. The monoisotopic (exact) mass is 329 g/mol. The summed E-state index contributed by atoms with van der Waals surface area (Å²) in [4.78, 5) is 0.203. The van der Waals surface area contributed by atoms with Gasteiger partial charge in [0.2, 0.25) is 10.0 Å². The maximum atomic E-state index is 12.2. The zero-order valence-corrected chi connectivity index (χ0v) is 13.2. The molecule has 0 fully saturated rings. The van der Waals surface area contributed by atoms with Crippen LogP contribution in [0.25, 0.3) is 5.69 Å². The van der Waals surface area contributed by atoms with Gasteiger partial charge in [-0.15, -0.1) is 5.10 Å². The summed E-state index contributed by atoms with van der Waals surface area (Å²) in [7, 11) is -3.60. The van der Waals surface area contributed by atoms with Crippen LogP contribution in [-0.2, 0) is 16.6 Å². The number of aromatic nitrogens is 4. The highest BCUT2D eigenvalue weighted by atomic mass is 32.2. The average molecular weight is 329 g/mol. The van der Waals surface area contributed by atoms with Gasteiger partial charge in [-0.3, -0.25) is 0 Å². The van der Waals surface area contributed by atoms with Crippen LogP contribution in [0.1, 0.15) is 11.4 Å². The summed E-state index contributed by atoms with van der Waals surface area (Å²) in [6.07, 6.45) is 0. The first-order valence-corrected chi connectivity index (χ1v) is 8.43. The fraction of sp³-hybridized carbons (Fsp3) is 0.133. The van der Waals surface area contributed by atoms with Crippen molar-refractivity contribution in [3.8, 4) is 5.69 Å². The number of nitrogens with zero attached hydrogens (tertiary/aromatic N) is 4. The summed E-state index contributed by atoms with van der Waals surface area (Å²) >= 11 is 0. The SMILES string of the molecule is Cc1ccc(-n2nnnc2CNS(=O)(=O)c2ccccc2)cc1. The first kappa shape index (κ1) is 15.3. The third kappa shape index (κ3) is 3.43. The van der Waals surface area contributed by atoms with Gasteiger partial charge in [-0.2, -0.15) is 4.68 Å². The van der Waals surface area contributed by atoms with Gasteiger partial charge < -0.3 is 0 Å². The largest absolute Gasteiger partial charge is 0.240 e. The van der Waals surface area contributed by atoms with Crippen molar-refractivity contribution in [3.63, 3.8) is 0 Å². The predicted octanol–water partition coefficient (Wildman–Crippen LogP) is 1.45. The lowest BCUT2D eigenvalue weighted by molar-refractivity contribution is 0.578. The molecule has 0 saturated heterocycles. The topological polar surface area (TPSA) is 89.8 Å². The van der Waals surface area contributed by atoms with Crippen LogP contribution in [-0.4, -0.2) is 28.6 Å². The Kier molecular flexibility index (Phi) is 4.18. The molecular formula is C15H15N5O2S. The molecule has 0 unspecified atom stereocenters. The van der Waals surface area contributed by atoms with Gasteiger partial charge in [-0.25, -0.2) is 13.1 Å². The molecule has 0 aliphatic heterocycles. The molecule has 3 aromatic rings. The summed E-state index contributed by atoms with van der Waals surface area (Å²) in [6, 6.07) is 15.8. The lowest BCUT2D eigenvalue weighted by Crippen LogP contribution is -2.25. The van der Waals surface area contributed by atoms with Gasteiger partial charge in [-0.1, -0.05) is 35.9 Å². The van der Waals surface area contributed by atoms with Gasteiger partial charge in [0.15, 0.2) is 5.82 Å². The molecule has 0 amide bonds. The maximum absolute atomic E-state index is 12.2. The summed E-state index contributed by atoms with van der Waals surface area (Å²) in [6.45, 7) is 1.98. The van der Waals surface area contributed by atoms with Crippen molar-refractivity contribution in [2.75, 3.05) is 0 Å². The summed E-state index contributed by atoms with van der Waals surface area (Å²) < 4.78 is 28.5. The van der Waals surface area contributed by atoms with E-state index in [1.807, 2.05) is 31.2 Å². The van der Waals surface area contributed by atoms with E-state index in [1.165, 1.54) is 16.8 Å². The van der Waals surface area contributed by atoms with Crippen molar-refractivity contribution in [3.05, 3.63) is 66.0 Å². The van der Waals surface area contributed by atoms with Crippen LogP contribution >= 0.6 is 0 Å². The Morgan fingerprint density at radius 3 is 2.43 bits per heavy atom. The highest BCUT2D eigenvalue weighted by molar-refractivity contribution is 7.89. The third-order valence-electron chi connectivity index (χ3n) is 3.29. The molecule has 0 saturated carbocycles. The fourth-order valence-electron chi connectivity index (χ4n) is 2.05. The first-order valence-electron chi connectivity index (χ1n) is 6.95. The Morgan fingerprint density at radius 2 is 1.74 bits per heavy atom. The Morgan fingerprint density at radius 1 is 1.04 bits per heavy atom. The Bertz CT molecular complexity index is 889. The Balaban J connectivity index is 1.80. The molecule has 7 nitrogen and oxygen atoms in total. The smallest absolute Gasteiger partial charge is 0.207 e. The van der Waals surface area contributed by atoms with Crippen molar-refractivity contribution in [2.24, 2.45) is 0 Å². The number of rotatable bonds is 5. The molecule has 1 aromatic heterocycles. The molecule has 2 aromatic carbocycles. The molecule has 1 heterocycles. The number of benzene rings is 2. The minimum atomic E-state index is -3.60. The van der Waals surface area contributed by atoms with Crippen LogP contribution in [0, 0.1) is 6.92 Å². The molecule has 118 valence electrons. The molecule has 1 N–H and O–H groups in total. The second-order valence-electron chi connectivity index (χ2n) is 4.98. The van der Waals surface area contributed by atoms with Gasteiger partial charge >= 0.3 is 0 Å². The van der Waals surface area contributed by atoms with Crippen molar-refractivity contribution in [1.29, 1.82) is 0 Å². The van der Waals surface area contributed by atoms with E-state index in [2.05, 4.69) is 20.2 Å². The van der Waals surface area contributed by atoms with Crippen LogP contribution in [0.5, 0.6) is 0 Å². The normalized spacial score (nSPS) is 11.5. The zero-order chi connectivity index (χ0) is 16.3. The highest BCUT2D eigenvalue weighted by Gasteiger charge is 2.16. The first-order chi connectivity index (χ1) is 11.1. The number of nitrogens with one attached hydrogen (secondary N) is 1. The summed E-state index contributed by atoms with van der Waals surface area (Å²) in [5.41, 5.74) is 1.89. The third-order valence-corrected chi connectivity index (χ3v) is 4.70. The van der Waals surface area contributed by atoms with E-state index >= 15 is 0 Å². The lowest BCUT2D eigenvalue weighted by atomic mass is 10.2. The number of hydrogen-bond acceptors (Lipinski definition) is 5. The summed E-state index contributed by atoms with van der Waals surface area (Å²) in [5.74, 6) is 0.411. The predicted molar refractivity (Wildman–Crippen MR) is 84.4 cm³/mol. The van der Waals surface area contributed by atoms with Crippen LogP contribution < -0.4 is 4.72 Å². The standard InChI is InChI=1S/C15H15N5O2S/c1-12-7-9-13(10-8-12)20-15(17-18-19-20)11-16-23(21,22)14-5-3-2-4-6-14/h2-10,16H,11H2,1H3. The molecule has 23 heavy (non-hydrogen) atoms. The van der Waals surface area contributed by atoms with Crippen molar-refractivity contribution >= 4 is 10.0 Å². The number of sulfonamides is 1. The van der Waals surface area contributed by atoms with E-state index in [-0.39, 0.29) is 11.4 Å². The second-order valence-corrected chi connectivity index (χ2v) is 6.75. The van der Waals surface area contributed by atoms with Crippen LogP contribution in [0.4, 0.5) is 0 Å². The van der Waals surface area contributed by atoms with Crippen molar-refractivity contribution < 1.29 is 8.42 Å². The molecule has 0 radical (unpaired) electrons. The van der Waals surface area contributed by atoms with Gasteiger partial charge in [-0.05, 0) is 41.6 Å². The molecule has 0 bridgehead atoms. The van der Waals surface area contributed by atoms with Crippen LogP contribution in [0.3, 0.4) is 0 Å². The number of tetrazole rings is 1. The molecular weight excluding hydrogens is 314 g/mol. The fourth-order valence-corrected chi connectivity index (χ4v) is 3.05. The molecule has 3 rings (SSSR count).